The predicted octanol–water partition coefficient (Wildman–Crippen LogP) is 5.53. The van der Waals surface area contributed by atoms with Crippen LogP contribution in [-0.2, 0) is 14.8 Å². The van der Waals surface area contributed by atoms with Crippen LogP contribution in [0.15, 0.2) is 71.6 Å². The van der Waals surface area contributed by atoms with Gasteiger partial charge in [0.05, 0.1) is 34.0 Å². The molecule has 3 aromatic carbocycles. The van der Waals surface area contributed by atoms with Gasteiger partial charge in [-0.15, -0.1) is 12.4 Å². The Labute approximate surface area is 252 Å². The Kier molecular flexibility index (Phi) is 10.0. The molecular formula is C30H35ClN4O4S2. The lowest BCUT2D eigenvalue weighted by molar-refractivity contribution is 0.0376. The lowest BCUT2D eigenvalue weighted by Crippen LogP contribution is -2.39. The third kappa shape index (κ3) is 6.90. The number of anilines is 2. The summed E-state index contributed by atoms with van der Waals surface area (Å²) in [4.78, 5) is 22.9. The van der Waals surface area contributed by atoms with Crippen LogP contribution < -0.4 is 9.21 Å². The van der Waals surface area contributed by atoms with Gasteiger partial charge in [-0.25, -0.2) is 13.4 Å². The monoisotopic (exact) mass is 614 g/mol. The molecule has 0 atom stereocenters. The van der Waals surface area contributed by atoms with Crippen LogP contribution in [0.3, 0.4) is 0 Å². The van der Waals surface area contributed by atoms with Crippen LogP contribution >= 0.6 is 23.7 Å². The van der Waals surface area contributed by atoms with E-state index in [0.717, 1.165) is 60.6 Å². The topological polar surface area (TPSA) is 83.0 Å². The molecule has 0 radical (unpaired) electrons. The van der Waals surface area contributed by atoms with Crippen molar-refractivity contribution in [1.82, 2.24) is 9.88 Å². The van der Waals surface area contributed by atoms with Crippen molar-refractivity contribution in [1.29, 1.82) is 0 Å². The Bertz CT molecular complexity index is 1590. The van der Waals surface area contributed by atoms with Gasteiger partial charge in [0.2, 0.25) is 0 Å². The minimum absolute atomic E-state index is 0. The molecule has 2 heterocycles. The molecule has 1 aromatic heterocycles. The molecule has 0 N–H and O–H groups in total. The predicted molar refractivity (Wildman–Crippen MR) is 168 cm³/mol. The highest BCUT2D eigenvalue weighted by atomic mass is 35.5. The molecule has 41 heavy (non-hydrogen) atoms. The molecule has 218 valence electrons. The Balaban J connectivity index is 0.00000387. The number of carbonyl (C=O) groups excluding carboxylic acids is 1. The van der Waals surface area contributed by atoms with E-state index in [2.05, 4.69) is 17.9 Å². The molecule has 5 rings (SSSR count). The first-order valence-corrected chi connectivity index (χ1v) is 15.6. The molecule has 1 fully saturated rings. The fraction of sp³-hybridized carbons (Fsp3) is 0.333. The van der Waals surface area contributed by atoms with Gasteiger partial charge in [-0.1, -0.05) is 35.6 Å². The van der Waals surface area contributed by atoms with Crippen LogP contribution in [0, 0.1) is 13.8 Å². The first-order valence-electron chi connectivity index (χ1n) is 13.4. The van der Waals surface area contributed by atoms with Crippen LogP contribution in [0.25, 0.3) is 10.2 Å². The van der Waals surface area contributed by atoms with E-state index < -0.39 is 10.0 Å². The molecular weight excluding hydrogens is 580 g/mol. The zero-order valence-corrected chi connectivity index (χ0v) is 25.9. The average molecular weight is 615 g/mol. The molecule has 4 aromatic rings. The van der Waals surface area contributed by atoms with Gasteiger partial charge in [-0.05, 0) is 73.9 Å². The number of para-hydroxylation sites is 1. The van der Waals surface area contributed by atoms with Crippen molar-refractivity contribution < 1.29 is 17.9 Å². The fourth-order valence-corrected chi connectivity index (χ4v) is 7.14. The summed E-state index contributed by atoms with van der Waals surface area (Å²) in [7, 11) is -2.25. The summed E-state index contributed by atoms with van der Waals surface area (Å²) in [5, 5.41) is 0.649. The smallest absolute Gasteiger partial charge is 0.264 e. The van der Waals surface area contributed by atoms with E-state index in [1.807, 2.05) is 19.1 Å². The van der Waals surface area contributed by atoms with Crippen LogP contribution in [0.4, 0.5) is 10.8 Å². The average Bonchev–Trinajstić information content (AvgIpc) is 3.40. The van der Waals surface area contributed by atoms with Gasteiger partial charge in [0.1, 0.15) is 0 Å². The molecule has 1 aliphatic rings. The number of halogens is 1. The standard InChI is InChI=1S/C30H34N4O4S2.ClH/c1-22-20-23(2)28-27(21-22)31-30(39-28)34(15-7-14-33-16-18-38-19-17-33)29(35)24-10-12-26(13-11-24)40(36,37)32(3)25-8-5-4-6-9-25;/h4-6,8-13,20-21H,7,14-19H2,1-3H3;1H. The van der Waals surface area contributed by atoms with Gasteiger partial charge in [-0.3, -0.25) is 18.9 Å². The normalized spacial score (nSPS) is 14.0. The summed E-state index contributed by atoms with van der Waals surface area (Å²) in [5.41, 5.74) is 4.13. The van der Waals surface area contributed by atoms with Crippen molar-refractivity contribution in [3.05, 3.63) is 83.4 Å². The first-order chi connectivity index (χ1) is 19.2. The number of hydrogen-bond acceptors (Lipinski definition) is 7. The Morgan fingerprint density at radius 3 is 2.39 bits per heavy atom. The molecule has 1 saturated heterocycles. The molecule has 1 amide bonds. The van der Waals surface area contributed by atoms with E-state index >= 15 is 0 Å². The van der Waals surface area contributed by atoms with Crippen molar-refractivity contribution in [2.24, 2.45) is 0 Å². The van der Waals surface area contributed by atoms with Crippen LogP contribution in [-0.4, -0.2) is 70.6 Å². The lowest BCUT2D eigenvalue weighted by atomic mass is 10.1. The Hall–Kier alpha value is -3.02. The van der Waals surface area contributed by atoms with Gasteiger partial charge >= 0.3 is 0 Å². The highest BCUT2D eigenvalue weighted by Crippen LogP contribution is 2.33. The fourth-order valence-electron chi connectivity index (χ4n) is 4.90. The maximum atomic E-state index is 13.9. The van der Waals surface area contributed by atoms with Crippen molar-refractivity contribution >= 4 is 60.7 Å². The van der Waals surface area contributed by atoms with Crippen molar-refractivity contribution in [2.75, 3.05) is 55.6 Å². The summed E-state index contributed by atoms with van der Waals surface area (Å²) in [6, 6.07) is 19.3. The minimum atomic E-state index is -3.78. The van der Waals surface area contributed by atoms with E-state index in [1.54, 1.807) is 41.3 Å². The van der Waals surface area contributed by atoms with E-state index in [1.165, 1.54) is 34.8 Å². The number of ether oxygens (including phenoxy) is 1. The Morgan fingerprint density at radius 2 is 1.71 bits per heavy atom. The number of amides is 1. The zero-order chi connectivity index (χ0) is 28.3. The summed E-state index contributed by atoms with van der Waals surface area (Å²) in [6.45, 7) is 8.71. The Morgan fingerprint density at radius 1 is 1.02 bits per heavy atom. The molecule has 0 aliphatic carbocycles. The van der Waals surface area contributed by atoms with Crippen LogP contribution in [0.1, 0.15) is 27.9 Å². The highest BCUT2D eigenvalue weighted by Gasteiger charge is 2.25. The number of aryl methyl sites for hydroxylation is 2. The number of fused-ring (bicyclic) bond motifs is 1. The van der Waals surface area contributed by atoms with Gasteiger partial charge in [0.15, 0.2) is 5.13 Å². The zero-order valence-electron chi connectivity index (χ0n) is 23.4. The van der Waals surface area contributed by atoms with Crippen LogP contribution in [0.2, 0.25) is 0 Å². The summed E-state index contributed by atoms with van der Waals surface area (Å²) in [5.74, 6) is -0.198. The van der Waals surface area contributed by atoms with Gasteiger partial charge in [0.25, 0.3) is 15.9 Å². The molecule has 0 bridgehead atoms. The quantitative estimate of drug-likeness (QED) is 0.247. The molecule has 0 saturated carbocycles. The van der Waals surface area contributed by atoms with Crippen molar-refractivity contribution in [3.63, 3.8) is 0 Å². The molecule has 0 spiro atoms. The lowest BCUT2D eigenvalue weighted by Gasteiger charge is -2.27. The number of sulfonamides is 1. The third-order valence-electron chi connectivity index (χ3n) is 7.12. The van der Waals surface area contributed by atoms with E-state index in [0.29, 0.717) is 22.9 Å². The number of rotatable bonds is 9. The number of nitrogens with zero attached hydrogens (tertiary/aromatic N) is 4. The largest absolute Gasteiger partial charge is 0.379 e. The number of aromatic nitrogens is 1. The number of thiazole rings is 1. The minimum Gasteiger partial charge on any atom is -0.379 e. The first kappa shape index (κ1) is 30.9. The van der Waals surface area contributed by atoms with Crippen LogP contribution in [0.5, 0.6) is 0 Å². The third-order valence-corrected chi connectivity index (χ3v) is 10.2. The highest BCUT2D eigenvalue weighted by molar-refractivity contribution is 7.92. The summed E-state index contributed by atoms with van der Waals surface area (Å²) >= 11 is 1.52. The maximum Gasteiger partial charge on any atom is 0.264 e. The number of hydrogen-bond donors (Lipinski definition) is 0. The molecule has 0 unspecified atom stereocenters. The number of carbonyl (C=O) groups is 1. The summed E-state index contributed by atoms with van der Waals surface area (Å²) < 4.78 is 34.2. The van der Waals surface area contributed by atoms with Crippen molar-refractivity contribution in [2.45, 2.75) is 25.2 Å². The number of benzene rings is 3. The second-order valence-corrected chi connectivity index (χ2v) is 13.0. The van der Waals surface area contributed by atoms with E-state index in [-0.39, 0.29) is 23.2 Å². The summed E-state index contributed by atoms with van der Waals surface area (Å²) in [6.07, 6.45) is 0.786. The molecule has 11 heteroatoms. The second kappa shape index (κ2) is 13.3. The van der Waals surface area contributed by atoms with Gasteiger partial charge < -0.3 is 4.74 Å². The second-order valence-electron chi connectivity index (χ2n) is 10.0. The molecule has 8 nitrogen and oxygen atoms in total. The number of morpholine rings is 1. The van der Waals surface area contributed by atoms with E-state index in [9.17, 15) is 13.2 Å². The van der Waals surface area contributed by atoms with E-state index in [4.69, 9.17) is 9.72 Å². The van der Waals surface area contributed by atoms with Gasteiger partial charge in [-0.2, -0.15) is 0 Å². The SMILES string of the molecule is Cc1cc(C)c2sc(N(CCCN3CCOCC3)C(=O)c3ccc(S(=O)(=O)N(C)c4ccccc4)cc3)nc2c1.Cl. The molecule has 1 aliphatic heterocycles. The maximum absolute atomic E-state index is 13.9. The van der Waals surface area contributed by atoms with Crippen molar-refractivity contribution in [3.8, 4) is 0 Å². The van der Waals surface area contributed by atoms with Gasteiger partial charge in [0, 0.05) is 38.8 Å².